The second-order valence-electron chi connectivity index (χ2n) is 6.50. The number of aryl methyl sites for hydroxylation is 3. The Labute approximate surface area is 150 Å². The molecule has 1 N–H and O–H groups in total. The topological polar surface area (TPSA) is 63.2 Å². The van der Waals surface area contributed by atoms with Crippen LogP contribution in [-0.4, -0.2) is 20.1 Å². The zero-order chi connectivity index (χ0) is 18.4. The predicted molar refractivity (Wildman–Crippen MR) is 102 cm³/mol. The van der Waals surface area contributed by atoms with Crippen LogP contribution in [0.25, 0.3) is 0 Å². The number of carbonyl (C=O) groups is 1. The summed E-state index contributed by atoms with van der Waals surface area (Å²) in [5.74, 6) is -0.115. The van der Waals surface area contributed by atoms with Crippen LogP contribution in [0.5, 0.6) is 0 Å². The fourth-order valence-electron chi connectivity index (χ4n) is 2.68. The Kier molecular flexibility index (Phi) is 6.37. The first-order valence-corrected chi connectivity index (χ1v) is 10.2. The first-order chi connectivity index (χ1) is 11.8. The van der Waals surface area contributed by atoms with E-state index in [1.54, 1.807) is 0 Å². The molecular weight excluding hydrogens is 334 g/mol. The van der Waals surface area contributed by atoms with Gasteiger partial charge in [0.05, 0.1) is 11.5 Å². The highest BCUT2D eigenvalue weighted by atomic mass is 32.2. The number of rotatable bonds is 7. The summed E-state index contributed by atoms with van der Waals surface area (Å²) in [4.78, 5) is 12.1. The van der Waals surface area contributed by atoms with Crippen molar-refractivity contribution in [3.63, 3.8) is 0 Å². The molecule has 0 bridgehead atoms. The van der Waals surface area contributed by atoms with Gasteiger partial charge in [-0.05, 0) is 43.9 Å². The van der Waals surface area contributed by atoms with Gasteiger partial charge in [-0.1, -0.05) is 48.0 Å². The SMILES string of the molecule is Cc1ccc(CS(=O)(=O)CCCC(=O)Nc2c(C)cccc2C)cc1. The molecule has 0 heterocycles. The lowest BCUT2D eigenvalue weighted by Crippen LogP contribution is -2.16. The fourth-order valence-corrected chi connectivity index (χ4v) is 4.11. The van der Waals surface area contributed by atoms with Gasteiger partial charge in [-0.15, -0.1) is 0 Å². The number of hydrogen-bond donors (Lipinski definition) is 1. The number of anilines is 1. The highest BCUT2D eigenvalue weighted by Gasteiger charge is 2.14. The number of para-hydroxylation sites is 1. The van der Waals surface area contributed by atoms with E-state index in [1.807, 2.05) is 63.2 Å². The standard InChI is InChI=1S/C20H25NO3S/c1-15-9-11-18(12-10-15)14-25(23,24)13-5-8-19(22)21-20-16(2)6-4-7-17(20)3/h4,6-7,9-12H,5,8,13-14H2,1-3H3,(H,21,22). The van der Waals surface area contributed by atoms with Crippen molar-refractivity contribution in [2.45, 2.75) is 39.4 Å². The second kappa shape index (κ2) is 8.30. The molecule has 0 unspecified atom stereocenters. The van der Waals surface area contributed by atoms with Crippen LogP contribution in [0.15, 0.2) is 42.5 Å². The van der Waals surface area contributed by atoms with Crippen molar-refractivity contribution < 1.29 is 13.2 Å². The summed E-state index contributed by atoms with van der Waals surface area (Å²) in [6, 6.07) is 13.3. The van der Waals surface area contributed by atoms with E-state index in [-0.39, 0.29) is 23.8 Å². The van der Waals surface area contributed by atoms with Crippen LogP contribution < -0.4 is 5.32 Å². The monoisotopic (exact) mass is 359 g/mol. The van der Waals surface area contributed by atoms with Crippen molar-refractivity contribution in [2.24, 2.45) is 0 Å². The summed E-state index contributed by atoms with van der Waals surface area (Å²) in [6.45, 7) is 5.84. The van der Waals surface area contributed by atoms with Gasteiger partial charge < -0.3 is 5.32 Å². The molecule has 0 saturated heterocycles. The van der Waals surface area contributed by atoms with Crippen molar-refractivity contribution >= 4 is 21.4 Å². The third kappa shape index (κ3) is 6.02. The highest BCUT2D eigenvalue weighted by Crippen LogP contribution is 2.19. The third-order valence-electron chi connectivity index (χ3n) is 4.11. The van der Waals surface area contributed by atoms with E-state index in [1.165, 1.54) is 0 Å². The van der Waals surface area contributed by atoms with Crippen molar-refractivity contribution in [2.75, 3.05) is 11.1 Å². The lowest BCUT2D eigenvalue weighted by Gasteiger charge is -2.11. The van der Waals surface area contributed by atoms with Gasteiger partial charge in [-0.2, -0.15) is 0 Å². The summed E-state index contributed by atoms with van der Waals surface area (Å²) in [5.41, 5.74) is 4.70. The number of benzene rings is 2. The van der Waals surface area contributed by atoms with Crippen molar-refractivity contribution in [1.29, 1.82) is 0 Å². The van der Waals surface area contributed by atoms with Gasteiger partial charge in [0.1, 0.15) is 0 Å². The molecule has 0 radical (unpaired) electrons. The minimum Gasteiger partial charge on any atom is -0.326 e. The summed E-state index contributed by atoms with van der Waals surface area (Å²) < 4.78 is 24.4. The molecule has 0 saturated carbocycles. The van der Waals surface area contributed by atoms with E-state index in [9.17, 15) is 13.2 Å². The molecule has 0 aromatic heterocycles. The van der Waals surface area contributed by atoms with Crippen LogP contribution in [-0.2, 0) is 20.4 Å². The zero-order valence-electron chi connectivity index (χ0n) is 15.0. The highest BCUT2D eigenvalue weighted by molar-refractivity contribution is 7.90. The van der Waals surface area contributed by atoms with Crippen LogP contribution in [0.1, 0.15) is 35.1 Å². The molecule has 0 fully saturated rings. The maximum atomic E-state index is 12.2. The van der Waals surface area contributed by atoms with Crippen molar-refractivity contribution in [3.05, 3.63) is 64.7 Å². The molecule has 134 valence electrons. The first kappa shape index (κ1) is 19.2. The van der Waals surface area contributed by atoms with Gasteiger partial charge in [-0.3, -0.25) is 4.79 Å². The molecule has 0 spiro atoms. The molecule has 0 aliphatic heterocycles. The molecule has 0 aliphatic carbocycles. The molecule has 0 aliphatic rings. The number of sulfone groups is 1. The van der Waals surface area contributed by atoms with Gasteiger partial charge in [-0.25, -0.2) is 8.42 Å². The zero-order valence-corrected chi connectivity index (χ0v) is 15.8. The maximum Gasteiger partial charge on any atom is 0.224 e. The van der Waals surface area contributed by atoms with Crippen LogP contribution in [0.4, 0.5) is 5.69 Å². The average Bonchev–Trinajstić information content (AvgIpc) is 2.53. The summed E-state index contributed by atoms with van der Waals surface area (Å²) in [5, 5.41) is 2.89. The largest absolute Gasteiger partial charge is 0.326 e. The molecule has 0 atom stereocenters. The number of hydrogen-bond acceptors (Lipinski definition) is 3. The van der Waals surface area contributed by atoms with E-state index < -0.39 is 9.84 Å². The van der Waals surface area contributed by atoms with Crippen LogP contribution in [0.3, 0.4) is 0 Å². The van der Waals surface area contributed by atoms with Gasteiger partial charge >= 0.3 is 0 Å². The van der Waals surface area contributed by atoms with E-state index in [4.69, 9.17) is 0 Å². The van der Waals surface area contributed by atoms with Crippen LogP contribution >= 0.6 is 0 Å². The molecule has 1 amide bonds. The summed E-state index contributed by atoms with van der Waals surface area (Å²) in [7, 11) is -3.21. The van der Waals surface area contributed by atoms with Gasteiger partial charge in [0.2, 0.25) is 5.91 Å². The van der Waals surface area contributed by atoms with Crippen LogP contribution in [0, 0.1) is 20.8 Å². The van der Waals surface area contributed by atoms with Crippen molar-refractivity contribution in [3.8, 4) is 0 Å². The number of nitrogens with one attached hydrogen (secondary N) is 1. The Bertz CT molecular complexity index is 819. The lowest BCUT2D eigenvalue weighted by molar-refractivity contribution is -0.116. The first-order valence-electron chi connectivity index (χ1n) is 8.39. The third-order valence-corrected chi connectivity index (χ3v) is 5.80. The molecule has 2 aromatic rings. The van der Waals surface area contributed by atoms with Gasteiger partial charge in [0, 0.05) is 12.1 Å². The van der Waals surface area contributed by atoms with E-state index in [0.29, 0.717) is 6.42 Å². The Hall–Kier alpha value is -2.14. The Morgan fingerprint density at radius 2 is 1.56 bits per heavy atom. The van der Waals surface area contributed by atoms with E-state index in [2.05, 4.69) is 5.32 Å². The minimum atomic E-state index is -3.21. The lowest BCUT2D eigenvalue weighted by atomic mass is 10.1. The predicted octanol–water partition coefficient (Wildman–Crippen LogP) is 3.95. The molecule has 5 heteroatoms. The van der Waals surface area contributed by atoms with E-state index in [0.717, 1.165) is 27.9 Å². The molecule has 4 nitrogen and oxygen atoms in total. The Balaban J connectivity index is 1.84. The Morgan fingerprint density at radius 3 is 2.16 bits per heavy atom. The minimum absolute atomic E-state index is 0.0149. The van der Waals surface area contributed by atoms with Crippen molar-refractivity contribution in [1.82, 2.24) is 0 Å². The molecule has 2 rings (SSSR count). The van der Waals surface area contributed by atoms with Gasteiger partial charge in [0.15, 0.2) is 9.84 Å². The summed E-state index contributed by atoms with van der Waals surface area (Å²) >= 11 is 0. The molecule has 25 heavy (non-hydrogen) atoms. The number of amides is 1. The quantitative estimate of drug-likeness (QED) is 0.814. The Morgan fingerprint density at radius 1 is 0.960 bits per heavy atom. The van der Waals surface area contributed by atoms with Gasteiger partial charge in [0.25, 0.3) is 0 Å². The molecule has 2 aromatic carbocycles. The molecular formula is C20H25NO3S. The fraction of sp³-hybridized carbons (Fsp3) is 0.350. The normalized spacial score (nSPS) is 11.3. The smallest absolute Gasteiger partial charge is 0.224 e. The maximum absolute atomic E-state index is 12.2. The van der Waals surface area contributed by atoms with Crippen LogP contribution in [0.2, 0.25) is 0 Å². The number of carbonyl (C=O) groups excluding carboxylic acids is 1. The average molecular weight is 359 g/mol. The second-order valence-corrected chi connectivity index (χ2v) is 8.68. The van der Waals surface area contributed by atoms with E-state index >= 15 is 0 Å². The summed E-state index contributed by atoms with van der Waals surface area (Å²) in [6.07, 6.45) is 0.520.